The van der Waals surface area contributed by atoms with Gasteiger partial charge < -0.3 is 5.11 Å². The molecule has 0 aromatic heterocycles. The first-order valence-corrected chi connectivity index (χ1v) is 8.28. The molecule has 0 aliphatic heterocycles. The Morgan fingerprint density at radius 2 is 1.58 bits per heavy atom. The minimum Gasteiger partial charge on any atom is -0.478 e. The number of rotatable bonds is 4. The lowest BCUT2D eigenvalue weighted by molar-refractivity contribution is 0.0696. The number of sulfonamides is 1. The van der Waals surface area contributed by atoms with Crippen LogP contribution in [0.2, 0.25) is 5.02 Å². The molecular weight excluding hydrogens is 358 g/mol. The summed E-state index contributed by atoms with van der Waals surface area (Å²) in [6.45, 7) is 0. The number of hydrogen-bond donors (Lipinski definition) is 3. The molecule has 0 radical (unpaired) electrons. The zero-order chi connectivity index (χ0) is 18.1. The number of carbonyl (C=O) groups is 2. The van der Waals surface area contributed by atoms with Gasteiger partial charge >= 0.3 is 5.97 Å². The first kappa shape index (κ1) is 17.9. The van der Waals surface area contributed by atoms with E-state index in [1.807, 2.05) is 0 Å². The van der Waals surface area contributed by atoms with E-state index in [2.05, 4.69) is 0 Å². The summed E-state index contributed by atoms with van der Waals surface area (Å²) in [4.78, 5) is 22.8. The number of hydrogen-bond acceptors (Lipinski definition) is 5. The summed E-state index contributed by atoms with van der Waals surface area (Å²) >= 11 is 5.76. The molecule has 0 saturated carbocycles. The van der Waals surface area contributed by atoms with E-state index in [0.717, 1.165) is 11.1 Å². The fraction of sp³-hybridized carbons (Fsp3) is 0. The quantitative estimate of drug-likeness (QED) is 0.419. The van der Waals surface area contributed by atoms with Gasteiger partial charge in [-0.1, -0.05) is 11.6 Å². The molecule has 126 valence electrons. The Bertz CT molecular complexity index is 913. The van der Waals surface area contributed by atoms with Crippen LogP contribution in [-0.2, 0) is 10.0 Å². The summed E-state index contributed by atoms with van der Waals surface area (Å²) in [6, 6.07) is 8.78. The molecular formula is C14H12ClN3O5S. The number of nitrogens with two attached hydrogens (primary N) is 2. The van der Waals surface area contributed by atoms with Crippen LogP contribution < -0.4 is 16.0 Å². The Balaban J connectivity index is 2.36. The van der Waals surface area contributed by atoms with Gasteiger partial charge in [-0.2, -0.15) is 0 Å². The van der Waals surface area contributed by atoms with Crippen molar-refractivity contribution in [1.82, 2.24) is 0 Å². The Kier molecular flexibility index (Phi) is 4.90. The van der Waals surface area contributed by atoms with E-state index < -0.39 is 26.8 Å². The molecule has 0 heterocycles. The molecule has 24 heavy (non-hydrogen) atoms. The third-order valence-electron chi connectivity index (χ3n) is 3.10. The van der Waals surface area contributed by atoms with Gasteiger partial charge in [0.2, 0.25) is 10.0 Å². The van der Waals surface area contributed by atoms with Gasteiger partial charge in [0, 0.05) is 5.56 Å². The van der Waals surface area contributed by atoms with Crippen LogP contribution in [0.5, 0.6) is 0 Å². The summed E-state index contributed by atoms with van der Waals surface area (Å²) in [5.74, 6) is 3.88. The average molecular weight is 370 g/mol. The van der Waals surface area contributed by atoms with Gasteiger partial charge in [-0.3, -0.25) is 4.79 Å². The predicted octanol–water partition coefficient (Wildman–Crippen LogP) is 1.21. The molecule has 8 nitrogen and oxygen atoms in total. The molecule has 0 saturated heterocycles. The van der Waals surface area contributed by atoms with Crippen molar-refractivity contribution < 1.29 is 23.1 Å². The van der Waals surface area contributed by atoms with Crippen LogP contribution >= 0.6 is 11.6 Å². The van der Waals surface area contributed by atoms with Gasteiger partial charge in [0.25, 0.3) is 5.91 Å². The zero-order valence-corrected chi connectivity index (χ0v) is 13.6. The minimum atomic E-state index is -4.10. The highest BCUT2D eigenvalue weighted by Gasteiger charge is 2.20. The number of nitrogens with zero attached hydrogens (tertiary/aromatic N) is 1. The lowest BCUT2D eigenvalue weighted by atomic mass is 10.1. The highest BCUT2D eigenvalue weighted by atomic mass is 35.5. The van der Waals surface area contributed by atoms with Crippen LogP contribution in [0.4, 0.5) is 5.69 Å². The van der Waals surface area contributed by atoms with Gasteiger partial charge in [-0.25, -0.2) is 29.2 Å². The smallest absolute Gasteiger partial charge is 0.335 e. The lowest BCUT2D eigenvalue weighted by Crippen LogP contribution is -2.37. The fourth-order valence-corrected chi connectivity index (χ4v) is 2.95. The van der Waals surface area contributed by atoms with Crippen LogP contribution in [0.15, 0.2) is 47.4 Å². The molecule has 0 aliphatic carbocycles. The zero-order valence-electron chi connectivity index (χ0n) is 12.0. The van der Waals surface area contributed by atoms with E-state index in [-0.39, 0.29) is 21.8 Å². The molecule has 5 N–H and O–H groups in total. The van der Waals surface area contributed by atoms with Gasteiger partial charge in [0.15, 0.2) is 0 Å². The highest BCUT2D eigenvalue weighted by Crippen LogP contribution is 2.23. The number of aromatic carboxylic acids is 1. The van der Waals surface area contributed by atoms with Crippen molar-refractivity contribution in [1.29, 1.82) is 0 Å². The number of halogens is 1. The monoisotopic (exact) mass is 369 g/mol. The van der Waals surface area contributed by atoms with Crippen molar-refractivity contribution in [3.8, 4) is 0 Å². The third kappa shape index (κ3) is 3.71. The average Bonchev–Trinajstić information content (AvgIpc) is 2.53. The SMILES string of the molecule is NN(C(=O)c1ccc(Cl)c(S(N)(=O)=O)c1)c1ccc(C(=O)O)cc1. The summed E-state index contributed by atoms with van der Waals surface area (Å²) in [5.41, 5.74) is 0.202. The largest absolute Gasteiger partial charge is 0.478 e. The van der Waals surface area contributed by atoms with Gasteiger partial charge in [-0.15, -0.1) is 0 Å². The molecule has 0 spiro atoms. The van der Waals surface area contributed by atoms with Crippen LogP contribution in [0.25, 0.3) is 0 Å². The number of carboxylic acids is 1. The standard InChI is InChI=1S/C14H12ClN3O5S/c15-11-6-3-9(7-12(11)24(17,22)23)13(19)18(16)10-4-1-8(2-5-10)14(20)21/h1-7H,16H2,(H,20,21)(H2,17,22,23). The minimum absolute atomic E-state index is 0.0302. The molecule has 0 unspecified atom stereocenters. The Hall–Kier alpha value is -2.46. The molecule has 0 bridgehead atoms. The van der Waals surface area contributed by atoms with Crippen LogP contribution in [0, 0.1) is 0 Å². The Labute approximate surface area is 142 Å². The number of carboxylic acid groups (broad SMARTS) is 1. The van der Waals surface area contributed by atoms with E-state index in [1.165, 1.54) is 36.4 Å². The van der Waals surface area contributed by atoms with Crippen molar-refractivity contribution in [2.75, 3.05) is 5.01 Å². The Morgan fingerprint density at radius 1 is 1.04 bits per heavy atom. The topological polar surface area (TPSA) is 144 Å². The number of hydrazine groups is 1. The highest BCUT2D eigenvalue weighted by molar-refractivity contribution is 7.89. The van der Waals surface area contributed by atoms with E-state index in [1.54, 1.807) is 0 Å². The fourth-order valence-electron chi connectivity index (χ4n) is 1.88. The van der Waals surface area contributed by atoms with E-state index in [9.17, 15) is 18.0 Å². The van der Waals surface area contributed by atoms with Crippen LogP contribution in [-0.4, -0.2) is 25.4 Å². The van der Waals surface area contributed by atoms with Gasteiger partial charge in [0.05, 0.1) is 16.3 Å². The lowest BCUT2D eigenvalue weighted by Gasteiger charge is -2.17. The second-order valence-electron chi connectivity index (χ2n) is 4.72. The molecule has 10 heteroatoms. The maximum Gasteiger partial charge on any atom is 0.335 e. The maximum absolute atomic E-state index is 12.4. The second-order valence-corrected chi connectivity index (χ2v) is 6.65. The summed E-state index contributed by atoms with van der Waals surface area (Å²) < 4.78 is 22.9. The Morgan fingerprint density at radius 3 is 2.08 bits per heavy atom. The van der Waals surface area contributed by atoms with Crippen molar-refractivity contribution in [3.05, 3.63) is 58.6 Å². The summed E-state index contributed by atoms with van der Waals surface area (Å²) in [7, 11) is -4.10. The normalized spacial score (nSPS) is 11.1. The molecule has 0 fully saturated rings. The molecule has 2 aromatic rings. The first-order valence-electron chi connectivity index (χ1n) is 6.36. The van der Waals surface area contributed by atoms with Crippen LogP contribution in [0.1, 0.15) is 20.7 Å². The molecule has 0 aliphatic rings. The maximum atomic E-state index is 12.4. The van der Waals surface area contributed by atoms with Crippen molar-refractivity contribution in [3.63, 3.8) is 0 Å². The molecule has 2 aromatic carbocycles. The third-order valence-corrected chi connectivity index (χ3v) is 4.49. The van der Waals surface area contributed by atoms with Crippen molar-refractivity contribution in [2.45, 2.75) is 4.90 Å². The van der Waals surface area contributed by atoms with Gasteiger partial charge in [0.1, 0.15) is 4.90 Å². The van der Waals surface area contributed by atoms with Crippen molar-refractivity contribution >= 4 is 39.2 Å². The van der Waals surface area contributed by atoms with E-state index >= 15 is 0 Å². The van der Waals surface area contributed by atoms with Crippen LogP contribution in [0.3, 0.4) is 0 Å². The summed E-state index contributed by atoms with van der Waals surface area (Å²) in [5, 5.41) is 14.5. The van der Waals surface area contributed by atoms with Crippen molar-refractivity contribution in [2.24, 2.45) is 11.0 Å². The first-order chi connectivity index (χ1) is 11.1. The van der Waals surface area contributed by atoms with Gasteiger partial charge in [-0.05, 0) is 42.5 Å². The second kappa shape index (κ2) is 6.57. The predicted molar refractivity (Wildman–Crippen MR) is 87.2 cm³/mol. The number of primary sulfonamides is 1. The molecule has 2 rings (SSSR count). The molecule has 1 amide bonds. The molecule has 0 atom stereocenters. The number of benzene rings is 2. The number of amides is 1. The van der Waals surface area contributed by atoms with E-state index in [4.69, 9.17) is 27.7 Å². The number of anilines is 1. The van der Waals surface area contributed by atoms with E-state index in [0.29, 0.717) is 0 Å². The number of carbonyl (C=O) groups excluding carboxylic acids is 1. The summed E-state index contributed by atoms with van der Waals surface area (Å²) in [6.07, 6.45) is 0.